The molecule has 0 saturated carbocycles. The summed E-state index contributed by atoms with van der Waals surface area (Å²) in [6.45, 7) is 0. The van der Waals surface area contributed by atoms with Crippen molar-refractivity contribution in [1.29, 1.82) is 0 Å². The van der Waals surface area contributed by atoms with Gasteiger partial charge in [-0.2, -0.15) is 0 Å². The maximum Gasteiger partial charge on any atom is 0.0434 e. The molecule has 0 bridgehead atoms. The van der Waals surface area contributed by atoms with Crippen molar-refractivity contribution in [3.63, 3.8) is 0 Å². The molecule has 0 N–H and O–H groups in total. The SMILES string of the molecule is Brc1cccc(-c2cccc3c2sc2c(-c4ccccc4)cccc23)c1. The monoisotopic (exact) mass is 414 g/mol. The minimum Gasteiger partial charge on any atom is -0.134 e. The summed E-state index contributed by atoms with van der Waals surface area (Å²) in [6.07, 6.45) is 0. The zero-order valence-electron chi connectivity index (χ0n) is 13.9. The second-order valence-corrected chi connectivity index (χ2v) is 8.28. The third-order valence-corrected chi connectivity index (χ3v) is 6.53. The van der Waals surface area contributed by atoms with E-state index >= 15 is 0 Å². The van der Waals surface area contributed by atoms with E-state index in [4.69, 9.17) is 0 Å². The van der Waals surface area contributed by atoms with Crippen molar-refractivity contribution < 1.29 is 0 Å². The molecule has 0 spiro atoms. The van der Waals surface area contributed by atoms with Gasteiger partial charge in [0.05, 0.1) is 0 Å². The predicted octanol–water partition coefficient (Wildman–Crippen LogP) is 8.15. The van der Waals surface area contributed by atoms with Crippen LogP contribution in [0.15, 0.2) is 95.5 Å². The van der Waals surface area contributed by atoms with Gasteiger partial charge < -0.3 is 0 Å². The maximum absolute atomic E-state index is 3.60. The van der Waals surface area contributed by atoms with Gasteiger partial charge in [0.25, 0.3) is 0 Å². The molecular weight excluding hydrogens is 400 g/mol. The van der Waals surface area contributed by atoms with E-state index < -0.39 is 0 Å². The van der Waals surface area contributed by atoms with E-state index in [1.165, 1.54) is 42.4 Å². The highest BCUT2D eigenvalue weighted by Crippen LogP contribution is 2.43. The van der Waals surface area contributed by atoms with Crippen LogP contribution >= 0.6 is 27.3 Å². The van der Waals surface area contributed by atoms with Crippen LogP contribution in [0, 0.1) is 0 Å². The van der Waals surface area contributed by atoms with Crippen LogP contribution in [0.3, 0.4) is 0 Å². The molecule has 0 aliphatic heterocycles. The van der Waals surface area contributed by atoms with Crippen LogP contribution in [0.2, 0.25) is 0 Å². The number of hydrogen-bond donors (Lipinski definition) is 0. The molecule has 0 atom stereocenters. The van der Waals surface area contributed by atoms with Gasteiger partial charge in [-0.3, -0.25) is 0 Å². The van der Waals surface area contributed by atoms with Crippen molar-refractivity contribution in [2.75, 3.05) is 0 Å². The van der Waals surface area contributed by atoms with E-state index in [-0.39, 0.29) is 0 Å². The Kier molecular flexibility index (Phi) is 3.88. The minimum atomic E-state index is 1.11. The van der Waals surface area contributed by atoms with Gasteiger partial charge in [-0.15, -0.1) is 11.3 Å². The van der Waals surface area contributed by atoms with Gasteiger partial charge in [-0.05, 0) is 34.4 Å². The van der Waals surface area contributed by atoms with E-state index in [9.17, 15) is 0 Å². The molecule has 2 heteroatoms. The van der Waals surface area contributed by atoms with Gasteiger partial charge in [-0.25, -0.2) is 0 Å². The molecule has 5 aromatic rings. The largest absolute Gasteiger partial charge is 0.134 e. The Morgan fingerprint density at radius 1 is 0.538 bits per heavy atom. The summed E-state index contributed by atoms with van der Waals surface area (Å²) in [4.78, 5) is 0. The zero-order chi connectivity index (χ0) is 17.5. The standard InChI is InChI=1S/C24H15BrS/c25-18-10-4-9-17(15-18)20-12-6-14-22-21-13-5-11-19(23(21)26-24(20)22)16-7-2-1-3-8-16/h1-15H. The van der Waals surface area contributed by atoms with Gasteiger partial charge >= 0.3 is 0 Å². The van der Waals surface area contributed by atoms with Crippen molar-refractivity contribution in [3.05, 3.63) is 95.5 Å². The summed E-state index contributed by atoms with van der Waals surface area (Å²) >= 11 is 5.50. The minimum absolute atomic E-state index is 1.11. The molecule has 4 aromatic carbocycles. The van der Waals surface area contributed by atoms with Crippen LogP contribution in [0.1, 0.15) is 0 Å². The first-order valence-corrected chi connectivity index (χ1v) is 10.2. The maximum atomic E-state index is 3.60. The van der Waals surface area contributed by atoms with Crippen molar-refractivity contribution >= 4 is 47.4 Å². The Morgan fingerprint density at radius 2 is 1.12 bits per heavy atom. The zero-order valence-corrected chi connectivity index (χ0v) is 16.3. The number of thiophene rings is 1. The lowest BCUT2D eigenvalue weighted by atomic mass is 10.0. The van der Waals surface area contributed by atoms with E-state index in [0.717, 1.165) is 4.47 Å². The normalized spacial score (nSPS) is 11.3. The van der Waals surface area contributed by atoms with Crippen LogP contribution in [0.25, 0.3) is 42.4 Å². The number of benzene rings is 4. The third kappa shape index (κ3) is 2.57. The lowest BCUT2D eigenvalue weighted by molar-refractivity contribution is 1.63. The molecule has 0 amide bonds. The van der Waals surface area contributed by atoms with Gasteiger partial charge in [0, 0.05) is 24.6 Å². The highest BCUT2D eigenvalue weighted by molar-refractivity contribution is 9.10. The van der Waals surface area contributed by atoms with Crippen molar-refractivity contribution in [1.82, 2.24) is 0 Å². The molecule has 0 aliphatic carbocycles. The van der Waals surface area contributed by atoms with Gasteiger partial charge in [0.15, 0.2) is 0 Å². The first-order chi connectivity index (χ1) is 12.8. The summed E-state index contributed by atoms with van der Waals surface area (Å²) < 4.78 is 3.82. The van der Waals surface area contributed by atoms with Crippen LogP contribution in [-0.4, -0.2) is 0 Å². The summed E-state index contributed by atoms with van der Waals surface area (Å²) in [5.74, 6) is 0. The molecule has 0 nitrogen and oxygen atoms in total. The Hall–Kier alpha value is -2.42. The van der Waals surface area contributed by atoms with Crippen LogP contribution in [0.5, 0.6) is 0 Å². The molecule has 0 saturated heterocycles. The molecule has 0 unspecified atom stereocenters. The molecule has 0 aliphatic rings. The summed E-state index contributed by atoms with van der Waals surface area (Å²) in [7, 11) is 0. The van der Waals surface area contributed by atoms with Gasteiger partial charge in [0.1, 0.15) is 0 Å². The molecule has 1 heterocycles. The highest BCUT2D eigenvalue weighted by atomic mass is 79.9. The molecular formula is C24H15BrS. The van der Waals surface area contributed by atoms with E-state index in [2.05, 4.69) is 107 Å². The number of halogens is 1. The number of fused-ring (bicyclic) bond motifs is 3. The first-order valence-electron chi connectivity index (χ1n) is 8.57. The van der Waals surface area contributed by atoms with E-state index in [1.54, 1.807) is 0 Å². The molecule has 0 fully saturated rings. The summed E-state index contributed by atoms with van der Waals surface area (Å²) in [5.41, 5.74) is 5.12. The molecule has 26 heavy (non-hydrogen) atoms. The fourth-order valence-electron chi connectivity index (χ4n) is 3.55. The lowest BCUT2D eigenvalue weighted by Crippen LogP contribution is -1.78. The van der Waals surface area contributed by atoms with Crippen LogP contribution in [-0.2, 0) is 0 Å². The predicted molar refractivity (Wildman–Crippen MR) is 118 cm³/mol. The fraction of sp³-hybridized carbons (Fsp3) is 0. The second-order valence-electron chi connectivity index (χ2n) is 6.34. The Labute approximate surface area is 164 Å². The van der Waals surface area contributed by atoms with E-state index in [0.29, 0.717) is 0 Å². The highest BCUT2D eigenvalue weighted by Gasteiger charge is 2.13. The fourth-order valence-corrected chi connectivity index (χ4v) is 5.32. The average Bonchev–Trinajstić information content (AvgIpc) is 3.07. The lowest BCUT2D eigenvalue weighted by Gasteiger charge is -2.04. The van der Waals surface area contributed by atoms with Crippen molar-refractivity contribution in [2.45, 2.75) is 0 Å². The topological polar surface area (TPSA) is 0 Å². The Morgan fingerprint density at radius 3 is 1.77 bits per heavy atom. The van der Waals surface area contributed by atoms with Gasteiger partial charge in [-0.1, -0.05) is 94.8 Å². The Balaban J connectivity index is 1.84. The molecule has 124 valence electrons. The molecule has 5 rings (SSSR count). The van der Waals surface area contributed by atoms with Crippen molar-refractivity contribution in [2.24, 2.45) is 0 Å². The van der Waals surface area contributed by atoms with Crippen molar-refractivity contribution in [3.8, 4) is 22.3 Å². The first kappa shape index (κ1) is 15.8. The smallest absolute Gasteiger partial charge is 0.0434 e. The quantitative estimate of drug-likeness (QED) is 0.273. The average molecular weight is 415 g/mol. The third-order valence-electron chi connectivity index (χ3n) is 4.74. The number of rotatable bonds is 2. The number of hydrogen-bond acceptors (Lipinski definition) is 1. The second kappa shape index (κ2) is 6.39. The van der Waals surface area contributed by atoms with Crippen LogP contribution < -0.4 is 0 Å². The molecule has 0 radical (unpaired) electrons. The molecule has 1 aromatic heterocycles. The van der Waals surface area contributed by atoms with E-state index in [1.807, 2.05) is 11.3 Å². The summed E-state index contributed by atoms with van der Waals surface area (Å²) in [5, 5.41) is 2.67. The summed E-state index contributed by atoms with van der Waals surface area (Å²) in [6, 6.07) is 32.5. The van der Waals surface area contributed by atoms with Gasteiger partial charge in [0.2, 0.25) is 0 Å². The van der Waals surface area contributed by atoms with Crippen LogP contribution in [0.4, 0.5) is 0 Å². The Bertz CT molecular complexity index is 1240.